The van der Waals surface area contributed by atoms with Crippen LogP contribution in [0.3, 0.4) is 0 Å². The number of benzene rings is 1. The summed E-state index contributed by atoms with van der Waals surface area (Å²) in [5, 5.41) is 0. The molecule has 2 fully saturated rings. The maximum Gasteiger partial charge on any atom is 0.123 e. The summed E-state index contributed by atoms with van der Waals surface area (Å²) in [5.74, 6) is 0.966. The van der Waals surface area contributed by atoms with Crippen molar-refractivity contribution < 1.29 is 14.2 Å². The van der Waals surface area contributed by atoms with Crippen molar-refractivity contribution in [3.63, 3.8) is 0 Å². The fourth-order valence-corrected chi connectivity index (χ4v) is 3.36. The monoisotopic (exact) mass is 277 g/mol. The van der Waals surface area contributed by atoms with Crippen LogP contribution in [0, 0.1) is 0 Å². The van der Waals surface area contributed by atoms with Crippen molar-refractivity contribution in [1.82, 2.24) is 4.90 Å². The molecule has 1 aromatic carbocycles. The van der Waals surface area contributed by atoms with Gasteiger partial charge >= 0.3 is 0 Å². The van der Waals surface area contributed by atoms with Gasteiger partial charge in [0, 0.05) is 45.3 Å². The van der Waals surface area contributed by atoms with Crippen molar-refractivity contribution in [1.29, 1.82) is 0 Å². The lowest BCUT2D eigenvalue weighted by Crippen LogP contribution is -2.65. The number of nitrogens with zero attached hydrogens (tertiary/aromatic N) is 1. The van der Waals surface area contributed by atoms with Gasteiger partial charge in [-0.05, 0) is 12.5 Å². The molecule has 1 spiro atoms. The Bertz CT molecular complexity index is 457. The molecule has 2 aliphatic rings. The molecule has 0 N–H and O–H groups in total. The van der Waals surface area contributed by atoms with Gasteiger partial charge in [0.05, 0.1) is 18.8 Å². The minimum Gasteiger partial charge on any atom is -0.496 e. The second kappa shape index (κ2) is 5.72. The van der Waals surface area contributed by atoms with Crippen LogP contribution in [-0.4, -0.2) is 50.5 Å². The third-order valence-electron chi connectivity index (χ3n) is 4.39. The molecule has 0 radical (unpaired) electrons. The summed E-state index contributed by atoms with van der Waals surface area (Å²) in [6.07, 6.45) is 2.40. The summed E-state index contributed by atoms with van der Waals surface area (Å²) in [5.41, 5.74) is 1.27. The summed E-state index contributed by atoms with van der Waals surface area (Å²) in [6.45, 7) is 3.73. The fourth-order valence-electron chi connectivity index (χ4n) is 3.36. The minimum atomic E-state index is 0.0287. The van der Waals surface area contributed by atoms with Gasteiger partial charge in [0.1, 0.15) is 5.75 Å². The first-order valence-electron chi connectivity index (χ1n) is 7.26. The Morgan fingerprint density at radius 3 is 2.85 bits per heavy atom. The maximum absolute atomic E-state index is 6.01. The molecule has 3 rings (SSSR count). The Kier molecular flexibility index (Phi) is 3.96. The molecular weight excluding hydrogens is 254 g/mol. The lowest BCUT2D eigenvalue weighted by atomic mass is 9.84. The van der Waals surface area contributed by atoms with E-state index in [9.17, 15) is 0 Å². The van der Waals surface area contributed by atoms with E-state index in [2.05, 4.69) is 17.0 Å². The number of likely N-dealkylation sites (tertiary alicyclic amines) is 1. The van der Waals surface area contributed by atoms with E-state index < -0.39 is 0 Å². The molecule has 0 amide bonds. The Labute approximate surface area is 120 Å². The van der Waals surface area contributed by atoms with Gasteiger partial charge in [-0.1, -0.05) is 18.2 Å². The molecule has 0 unspecified atom stereocenters. The Morgan fingerprint density at radius 2 is 2.10 bits per heavy atom. The van der Waals surface area contributed by atoms with Crippen LogP contribution in [0.25, 0.3) is 0 Å². The summed E-state index contributed by atoms with van der Waals surface area (Å²) in [7, 11) is 3.53. The lowest BCUT2D eigenvalue weighted by molar-refractivity contribution is -0.195. The highest BCUT2D eigenvalue weighted by Crippen LogP contribution is 2.36. The number of methoxy groups -OCH3 is 2. The van der Waals surface area contributed by atoms with Crippen molar-refractivity contribution in [2.24, 2.45) is 0 Å². The van der Waals surface area contributed by atoms with E-state index in [1.807, 2.05) is 12.1 Å². The van der Waals surface area contributed by atoms with Crippen molar-refractivity contribution in [3.05, 3.63) is 29.8 Å². The van der Waals surface area contributed by atoms with Crippen molar-refractivity contribution >= 4 is 0 Å². The maximum atomic E-state index is 6.01. The van der Waals surface area contributed by atoms with Crippen LogP contribution in [-0.2, 0) is 16.0 Å². The van der Waals surface area contributed by atoms with E-state index in [4.69, 9.17) is 14.2 Å². The topological polar surface area (TPSA) is 30.9 Å². The first kappa shape index (κ1) is 13.9. The van der Waals surface area contributed by atoms with Crippen LogP contribution in [0.2, 0.25) is 0 Å². The number of para-hydroxylation sites is 1. The predicted molar refractivity (Wildman–Crippen MR) is 77.0 cm³/mol. The number of rotatable bonds is 4. The molecule has 0 aromatic heterocycles. The second-order valence-electron chi connectivity index (χ2n) is 5.84. The third kappa shape index (κ3) is 2.68. The highest BCUT2D eigenvalue weighted by atomic mass is 16.5. The molecule has 1 aromatic rings. The average Bonchev–Trinajstić information content (AvgIpc) is 2.46. The molecule has 0 bridgehead atoms. The highest BCUT2D eigenvalue weighted by Gasteiger charge is 2.47. The van der Waals surface area contributed by atoms with Crippen molar-refractivity contribution in [3.8, 4) is 5.75 Å². The average molecular weight is 277 g/mol. The molecule has 1 atom stereocenters. The normalized spacial score (nSPS) is 25.4. The zero-order valence-electron chi connectivity index (χ0n) is 12.3. The van der Waals surface area contributed by atoms with Crippen molar-refractivity contribution in [2.45, 2.75) is 31.1 Å². The summed E-state index contributed by atoms with van der Waals surface area (Å²) in [6, 6.07) is 8.21. The van der Waals surface area contributed by atoms with Crippen LogP contribution in [0.1, 0.15) is 18.4 Å². The van der Waals surface area contributed by atoms with Crippen LogP contribution in [0.5, 0.6) is 5.75 Å². The molecule has 2 heterocycles. The molecule has 110 valence electrons. The SMILES string of the molecule is COc1ccccc1CN1CC2(C[C@@H](OC)CCO2)C1. The van der Waals surface area contributed by atoms with Gasteiger partial charge in [0.2, 0.25) is 0 Å². The highest BCUT2D eigenvalue weighted by molar-refractivity contribution is 5.33. The van der Waals surface area contributed by atoms with Gasteiger partial charge in [0.25, 0.3) is 0 Å². The zero-order valence-corrected chi connectivity index (χ0v) is 12.3. The molecule has 4 heteroatoms. The number of ether oxygens (including phenoxy) is 3. The van der Waals surface area contributed by atoms with E-state index in [0.717, 1.165) is 44.8 Å². The van der Waals surface area contributed by atoms with Gasteiger partial charge in [-0.2, -0.15) is 0 Å². The van der Waals surface area contributed by atoms with Gasteiger partial charge in [-0.3, -0.25) is 4.90 Å². The van der Waals surface area contributed by atoms with Crippen LogP contribution >= 0.6 is 0 Å². The minimum absolute atomic E-state index is 0.0287. The van der Waals surface area contributed by atoms with Crippen LogP contribution in [0.15, 0.2) is 24.3 Å². The largest absolute Gasteiger partial charge is 0.496 e. The predicted octanol–water partition coefficient (Wildman–Crippen LogP) is 2.08. The van der Waals surface area contributed by atoms with Gasteiger partial charge in [0.15, 0.2) is 0 Å². The Morgan fingerprint density at radius 1 is 1.30 bits per heavy atom. The molecule has 0 saturated carbocycles. The Hall–Kier alpha value is -1.10. The fraction of sp³-hybridized carbons (Fsp3) is 0.625. The van der Waals surface area contributed by atoms with Crippen LogP contribution < -0.4 is 4.74 Å². The molecule has 0 aliphatic carbocycles. The quantitative estimate of drug-likeness (QED) is 0.843. The Balaban J connectivity index is 1.58. The molecule has 20 heavy (non-hydrogen) atoms. The first-order chi connectivity index (χ1) is 9.74. The summed E-state index contributed by atoms with van der Waals surface area (Å²) in [4.78, 5) is 2.41. The number of hydrogen-bond acceptors (Lipinski definition) is 4. The smallest absolute Gasteiger partial charge is 0.123 e. The third-order valence-corrected chi connectivity index (χ3v) is 4.39. The van der Waals surface area contributed by atoms with Gasteiger partial charge in [-0.15, -0.1) is 0 Å². The molecular formula is C16H23NO3. The second-order valence-corrected chi connectivity index (χ2v) is 5.84. The molecule has 4 nitrogen and oxygen atoms in total. The molecule has 2 saturated heterocycles. The van der Waals surface area contributed by atoms with E-state index >= 15 is 0 Å². The van der Waals surface area contributed by atoms with E-state index in [0.29, 0.717) is 6.10 Å². The number of hydrogen-bond donors (Lipinski definition) is 0. The first-order valence-corrected chi connectivity index (χ1v) is 7.26. The van der Waals surface area contributed by atoms with E-state index in [1.54, 1.807) is 14.2 Å². The zero-order chi connectivity index (χ0) is 14.0. The summed E-state index contributed by atoms with van der Waals surface area (Å²) >= 11 is 0. The van der Waals surface area contributed by atoms with Crippen molar-refractivity contribution in [2.75, 3.05) is 33.9 Å². The van der Waals surface area contributed by atoms with Crippen LogP contribution in [0.4, 0.5) is 0 Å². The molecule has 2 aliphatic heterocycles. The van der Waals surface area contributed by atoms with Gasteiger partial charge in [-0.25, -0.2) is 0 Å². The van der Waals surface area contributed by atoms with E-state index in [-0.39, 0.29) is 5.60 Å². The standard InChI is InChI=1S/C16H23NO3/c1-18-14-7-8-20-16(9-14)11-17(12-16)10-13-5-3-4-6-15(13)19-2/h3-6,14H,7-12H2,1-2H3/t14-/m0/s1. The van der Waals surface area contributed by atoms with E-state index in [1.165, 1.54) is 5.56 Å². The summed E-state index contributed by atoms with van der Waals surface area (Å²) < 4.78 is 16.9. The lowest BCUT2D eigenvalue weighted by Gasteiger charge is -2.53. The van der Waals surface area contributed by atoms with Gasteiger partial charge < -0.3 is 14.2 Å².